The third-order valence-corrected chi connectivity index (χ3v) is 2.61. The van der Waals surface area contributed by atoms with Crippen molar-refractivity contribution in [3.8, 4) is 5.75 Å². The third kappa shape index (κ3) is 5.68. The van der Waals surface area contributed by atoms with Crippen LogP contribution in [0.4, 0.5) is 0 Å². The third-order valence-electron chi connectivity index (χ3n) is 2.38. The summed E-state index contributed by atoms with van der Waals surface area (Å²) in [6.07, 6.45) is 0.878. The van der Waals surface area contributed by atoms with E-state index >= 15 is 0 Å². The van der Waals surface area contributed by atoms with Crippen LogP contribution in [0.5, 0.6) is 5.75 Å². The van der Waals surface area contributed by atoms with E-state index in [9.17, 15) is 4.79 Å². The molecule has 1 amide bonds. The van der Waals surface area contributed by atoms with Gasteiger partial charge in [0.2, 0.25) is 0 Å². The number of nitrogens with two attached hydrogens (primary N) is 1. The van der Waals surface area contributed by atoms with Crippen LogP contribution in [0, 0.1) is 0 Å². The molecule has 108 valence electrons. The summed E-state index contributed by atoms with van der Waals surface area (Å²) >= 11 is 5.91. The van der Waals surface area contributed by atoms with Crippen LogP contribution in [-0.4, -0.2) is 25.1 Å². The van der Waals surface area contributed by atoms with Crippen molar-refractivity contribution in [2.45, 2.75) is 26.3 Å². The lowest BCUT2D eigenvalue weighted by molar-refractivity contribution is 0.0937. The van der Waals surface area contributed by atoms with Crippen LogP contribution in [0.3, 0.4) is 0 Å². The lowest BCUT2D eigenvalue weighted by Gasteiger charge is -2.14. The topological polar surface area (TPSA) is 64.3 Å². The van der Waals surface area contributed by atoms with E-state index in [4.69, 9.17) is 22.1 Å². The van der Waals surface area contributed by atoms with E-state index in [1.165, 1.54) is 0 Å². The normalized spacial score (nSPS) is 11.4. The number of halogens is 2. The highest BCUT2D eigenvalue weighted by atomic mass is 35.5. The molecule has 0 aliphatic rings. The number of carbonyl (C=O) groups is 1. The standard InChI is InChI=1S/C13H19ClN2O2.ClH/c1-3-6-18-12-5-4-10(14)7-11(12)13(17)16-9(2)8-15;/h4-5,7,9H,3,6,8,15H2,1-2H3,(H,16,17);1H/t9-;/m0./s1. The van der Waals surface area contributed by atoms with Gasteiger partial charge in [0, 0.05) is 17.6 Å². The summed E-state index contributed by atoms with van der Waals surface area (Å²) in [5.41, 5.74) is 5.92. The average molecular weight is 307 g/mol. The first-order valence-corrected chi connectivity index (χ1v) is 6.39. The summed E-state index contributed by atoms with van der Waals surface area (Å²) < 4.78 is 5.53. The summed E-state index contributed by atoms with van der Waals surface area (Å²) in [5.74, 6) is 0.324. The molecule has 4 nitrogen and oxygen atoms in total. The molecule has 0 aliphatic heterocycles. The van der Waals surface area contributed by atoms with Crippen molar-refractivity contribution in [2.75, 3.05) is 13.2 Å². The molecule has 1 aromatic rings. The predicted molar refractivity (Wildman–Crippen MR) is 80.5 cm³/mol. The Morgan fingerprint density at radius 2 is 2.21 bits per heavy atom. The molecule has 0 heterocycles. The second-order valence-corrected chi connectivity index (χ2v) is 4.54. The summed E-state index contributed by atoms with van der Waals surface area (Å²) in [6.45, 7) is 4.80. The fourth-order valence-electron chi connectivity index (χ4n) is 1.38. The molecule has 1 atom stereocenters. The highest BCUT2D eigenvalue weighted by Gasteiger charge is 2.14. The summed E-state index contributed by atoms with van der Waals surface area (Å²) in [7, 11) is 0. The first-order valence-electron chi connectivity index (χ1n) is 6.01. The molecule has 19 heavy (non-hydrogen) atoms. The lowest BCUT2D eigenvalue weighted by Crippen LogP contribution is -2.37. The van der Waals surface area contributed by atoms with Gasteiger partial charge in [-0.2, -0.15) is 0 Å². The number of benzene rings is 1. The number of ether oxygens (including phenoxy) is 1. The van der Waals surface area contributed by atoms with E-state index in [0.717, 1.165) is 6.42 Å². The van der Waals surface area contributed by atoms with Crippen molar-refractivity contribution in [1.82, 2.24) is 5.32 Å². The van der Waals surface area contributed by atoms with Crippen molar-refractivity contribution in [2.24, 2.45) is 5.73 Å². The summed E-state index contributed by atoms with van der Waals surface area (Å²) in [6, 6.07) is 4.93. The first kappa shape index (κ1) is 18.0. The van der Waals surface area contributed by atoms with Gasteiger partial charge in [-0.05, 0) is 31.5 Å². The molecule has 0 saturated heterocycles. The Bertz CT molecular complexity index is 414. The average Bonchev–Trinajstić information content (AvgIpc) is 2.36. The Morgan fingerprint density at radius 1 is 1.53 bits per heavy atom. The molecule has 6 heteroatoms. The highest BCUT2D eigenvalue weighted by Crippen LogP contribution is 2.23. The molecule has 0 aromatic heterocycles. The SMILES string of the molecule is CCCOc1ccc(Cl)cc1C(=O)N[C@@H](C)CN.Cl. The van der Waals surface area contributed by atoms with Gasteiger partial charge in [0.1, 0.15) is 5.75 Å². The maximum Gasteiger partial charge on any atom is 0.255 e. The number of hydrogen-bond donors (Lipinski definition) is 2. The number of hydrogen-bond acceptors (Lipinski definition) is 3. The summed E-state index contributed by atoms with van der Waals surface area (Å²) in [4.78, 5) is 12.0. The van der Waals surface area contributed by atoms with Crippen LogP contribution in [0.25, 0.3) is 0 Å². The zero-order valence-corrected chi connectivity index (χ0v) is 12.7. The highest BCUT2D eigenvalue weighted by molar-refractivity contribution is 6.31. The molecule has 0 aliphatic carbocycles. The van der Waals surface area contributed by atoms with Gasteiger partial charge in [-0.15, -0.1) is 12.4 Å². The van der Waals surface area contributed by atoms with Crippen LogP contribution >= 0.6 is 24.0 Å². The number of amides is 1. The molecule has 0 fully saturated rings. The molecule has 3 N–H and O–H groups in total. The number of nitrogens with one attached hydrogen (secondary N) is 1. The molecule has 1 rings (SSSR count). The maximum atomic E-state index is 12.0. The largest absolute Gasteiger partial charge is 0.493 e. The molecular weight excluding hydrogens is 287 g/mol. The van der Waals surface area contributed by atoms with Gasteiger partial charge in [-0.1, -0.05) is 18.5 Å². The van der Waals surface area contributed by atoms with Gasteiger partial charge < -0.3 is 15.8 Å². The Kier molecular flexibility index (Phi) is 8.56. The van der Waals surface area contributed by atoms with E-state index in [1.807, 2.05) is 13.8 Å². The molecular formula is C13H20Cl2N2O2. The quantitative estimate of drug-likeness (QED) is 0.849. The minimum atomic E-state index is -0.221. The fraction of sp³-hybridized carbons (Fsp3) is 0.462. The molecule has 0 unspecified atom stereocenters. The number of rotatable bonds is 6. The van der Waals surface area contributed by atoms with Crippen LogP contribution < -0.4 is 15.8 Å². The second kappa shape index (κ2) is 9.02. The zero-order chi connectivity index (χ0) is 13.5. The first-order chi connectivity index (χ1) is 8.58. The van der Waals surface area contributed by atoms with E-state index < -0.39 is 0 Å². The summed E-state index contributed by atoms with van der Waals surface area (Å²) in [5, 5.41) is 3.29. The fourth-order valence-corrected chi connectivity index (χ4v) is 1.55. The van der Waals surface area contributed by atoms with Crippen molar-refractivity contribution < 1.29 is 9.53 Å². The zero-order valence-electron chi connectivity index (χ0n) is 11.1. The minimum Gasteiger partial charge on any atom is -0.493 e. The Hall–Kier alpha value is -0.970. The smallest absolute Gasteiger partial charge is 0.255 e. The van der Waals surface area contributed by atoms with Crippen molar-refractivity contribution in [1.29, 1.82) is 0 Å². The van der Waals surface area contributed by atoms with Crippen molar-refractivity contribution in [3.63, 3.8) is 0 Å². The second-order valence-electron chi connectivity index (χ2n) is 4.10. The van der Waals surface area contributed by atoms with E-state index in [-0.39, 0.29) is 24.4 Å². The van der Waals surface area contributed by atoms with Crippen LogP contribution in [0.2, 0.25) is 5.02 Å². The van der Waals surface area contributed by atoms with Crippen molar-refractivity contribution >= 4 is 29.9 Å². The molecule has 0 saturated carbocycles. The molecule has 0 spiro atoms. The van der Waals surface area contributed by atoms with E-state index in [0.29, 0.717) is 29.5 Å². The van der Waals surface area contributed by atoms with Crippen LogP contribution in [0.1, 0.15) is 30.6 Å². The molecule has 0 radical (unpaired) electrons. The predicted octanol–water partition coefficient (Wildman–Crippen LogP) is 2.63. The Labute approximate surface area is 125 Å². The number of carbonyl (C=O) groups excluding carboxylic acids is 1. The van der Waals surface area contributed by atoms with Crippen molar-refractivity contribution in [3.05, 3.63) is 28.8 Å². The van der Waals surface area contributed by atoms with Gasteiger partial charge in [0.05, 0.1) is 12.2 Å². The van der Waals surface area contributed by atoms with E-state index in [1.54, 1.807) is 18.2 Å². The molecule has 0 bridgehead atoms. The maximum absolute atomic E-state index is 12.0. The van der Waals surface area contributed by atoms with Gasteiger partial charge in [-0.25, -0.2) is 0 Å². The van der Waals surface area contributed by atoms with E-state index in [2.05, 4.69) is 5.32 Å². The lowest BCUT2D eigenvalue weighted by atomic mass is 10.1. The Balaban J connectivity index is 0.00000324. The van der Waals surface area contributed by atoms with Crippen LogP contribution in [0.15, 0.2) is 18.2 Å². The van der Waals surface area contributed by atoms with Gasteiger partial charge in [0.25, 0.3) is 5.91 Å². The Morgan fingerprint density at radius 3 is 2.79 bits per heavy atom. The van der Waals surface area contributed by atoms with Crippen LogP contribution in [-0.2, 0) is 0 Å². The minimum absolute atomic E-state index is 0. The van der Waals surface area contributed by atoms with Gasteiger partial charge in [-0.3, -0.25) is 4.79 Å². The van der Waals surface area contributed by atoms with Gasteiger partial charge >= 0.3 is 0 Å². The monoisotopic (exact) mass is 306 g/mol. The molecule has 1 aromatic carbocycles. The van der Waals surface area contributed by atoms with Gasteiger partial charge in [0.15, 0.2) is 0 Å².